The van der Waals surface area contributed by atoms with Crippen molar-refractivity contribution in [1.29, 1.82) is 0 Å². The van der Waals surface area contributed by atoms with Crippen LogP contribution in [0.15, 0.2) is 48.5 Å². The molecule has 2 amide bonds. The smallest absolute Gasteiger partial charge is 0.317 e. The van der Waals surface area contributed by atoms with Gasteiger partial charge in [-0.3, -0.25) is 0 Å². The molecule has 0 aliphatic carbocycles. The standard InChI is InChI=1S/C20H24ClN3O2/c1-15(18-5-3-4-6-19(18)21)22-20(25)24-13-11-23(12-14-24)16-7-9-17(26-2)10-8-16/h3-10,15H,11-14H2,1-2H3,(H,22,25). The predicted octanol–water partition coefficient (Wildman–Crippen LogP) is 3.94. The van der Waals surface area contributed by atoms with E-state index in [1.54, 1.807) is 7.11 Å². The fourth-order valence-corrected chi connectivity index (χ4v) is 3.44. The van der Waals surface area contributed by atoms with Crippen LogP contribution in [0.3, 0.4) is 0 Å². The molecule has 1 fully saturated rings. The van der Waals surface area contributed by atoms with Crippen molar-refractivity contribution in [2.45, 2.75) is 13.0 Å². The van der Waals surface area contributed by atoms with Crippen molar-refractivity contribution in [3.63, 3.8) is 0 Å². The summed E-state index contributed by atoms with van der Waals surface area (Å²) in [6.07, 6.45) is 0. The number of nitrogens with one attached hydrogen (secondary N) is 1. The number of nitrogens with zero attached hydrogens (tertiary/aromatic N) is 2. The van der Waals surface area contributed by atoms with Crippen molar-refractivity contribution in [3.05, 3.63) is 59.1 Å². The SMILES string of the molecule is COc1ccc(N2CCN(C(=O)NC(C)c3ccccc3Cl)CC2)cc1. The van der Waals surface area contributed by atoms with Gasteiger partial charge in [0.05, 0.1) is 13.2 Å². The Morgan fingerprint density at radius 1 is 1.08 bits per heavy atom. The summed E-state index contributed by atoms with van der Waals surface area (Å²) >= 11 is 6.22. The van der Waals surface area contributed by atoms with Gasteiger partial charge in [-0.05, 0) is 42.8 Å². The molecule has 26 heavy (non-hydrogen) atoms. The molecule has 0 radical (unpaired) electrons. The first-order valence-corrected chi connectivity index (χ1v) is 9.15. The number of benzene rings is 2. The number of hydrogen-bond acceptors (Lipinski definition) is 3. The van der Waals surface area contributed by atoms with Crippen LogP contribution in [0.25, 0.3) is 0 Å². The molecular formula is C20H24ClN3O2. The number of halogens is 1. The van der Waals surface area contributed by atoms with Crippen molar-refractivity contribution < 1.29 is 9.53 Å². The van der Waals surface area contributed by atoms with E-state index in [0.29, 0.717) is 18.1 Å². The highest BCUT2D eigenvalue weighted by Gasteiger charge is 2.23. The maximum Gasteiger partial charge on any atom is 0.317 e. The number of ether oxygens (including phenoxy) is 1. The molecule has 0 aromatic heterocycles. The summed E-state index contributed by atoms with van der Waals surface area (Å²) in [7, 11) is 1.66. The number of rotatable bonds is 4. The number of piperazine rings is 1. The summed E-state index contributed by atoms with van der Waals surface area (Å²) in [5.74, 6) is 0.848. The van der Waals surface area contributed by atoms with Gasteiger partial charge in [0.2, 0.25) is 0 Å². The number of hydrogen-bond donors (Lipinski definition) is 1. The molecule has 2 aromatic rings. The minimum atomic E-state index is -0.129. The monoisotopic (exact) mass is 373 g/mol. The van der Waals surface area contributed by atoms with Crippen LogP contribution in [0.1, 0.15) is 18.5 Å². The van der Waals surface area contributed by atoms with Gasteiger partial charge in [-0.25, -0.2) is 4.79 Å². The Kier molecular flexibility index (Phi) is 5.89. The first-order chi connectivity index (χ1) is 12.6. The molecule has 0 spiro atoms. The van der Waals surface area contributed by atoms with E-state index in [4.69, 9.17) is 16.3 Å². The minimum absolute atomic E-state index is 0.0493. The van der Waals surface area contributed by atoms with Crippen molar-refractivity contribution in [2.75, 3.05) is 38.2 Å². The number of methoxy groups -OCH3 is 1. The molecule has 0 saturated carbocycles. The van der Waals surface area contributed by atoms with Crippen LogP contribution in [-0.2, 0) is 0 Å². The van der Waals surface area contributed by atoms with Gasteiger partial charge in [-0.1, -0.05) is 29.8 Å². The summed E-state index contributed by atoms with van der Waals surface area (Å²) in [4.78, 5) is 16.7. The first kappa shape index (κ1) is 18.4. The van der Waals surface area contributed by atoms with Crippen LogP contribution in [0.4, 0.5) is 10.5 Å². The largest absolute Gasteiger partial charge is 0.497 e. The normalized spacial score (nSPS) is 15.5. The molecule has 0 bridgehead atoms. The third-order valence-electron chi connectivity index (χ3n) is 4.72. The molecule has 6 heteroatoms. The molecule has 1 atom stereocenters. The van der Waals surface area contributed by atoms with E-state index in [1.165, 1.54) is 0 Å². The zero-order valence-corrected chi connectivity index (χ0v) is 15.9. The van der Waals surface area contributed by atoms with Crippen LogP contribution in [0, 0.1) is 0 Å². The number of anilines is 1. The summed E-state index contributed by atoms with van der Waals surface area (Å²) in [5.41, 5.74) is 2.08. The van der Waals surface area contributed by atoms with Gasteiger partial charge in [-0.15, -0.1) is 0 Å². The number of carbonyl (C=O) groups excluding carboxylic acids is 1. The predicted molar refractivity (Wildman–Crippen MR) is 105 cm³/mol. The van der Waals surface area contributed by atoms with E-state index in [1.807, 2.05) is 60.4 Å². The Bertz CT molecular complexity index is 743. The molecule has 2 aromatic carbocycles. The summed E-state index contributed by atoms with van der Waals surface area (Å²) in [6.45, 7) is 4.94. The highest BCUT2D eigenvalue weighted by molar-refractivity contribution is 6.31. The van der Waals surface area contributed by atoms with Crippen LogP contribution in [0.2, 0.25) is 5.02 Å². The van der Waals surface area contributed by atoms with E-state index >= 15 is 0 Å². The summed E-state index contributed by atoms with van der Waals surface area (Å²) in [5, 5.41) is 3.71. The van der Waals surface area contributed by atoms with E-state index in [9.17, 15) is 4.79 Å². The number of carbonyl (C=O) groups is 1. The van der Waals surface area contributed by atoms with Gasteiger partial charge < -0.3 is 19.9 Å². The Morgan fingerprint density at radius 2 is 1.73 bits per heavy atom. The lowest BCUT2D eigenvalue weighted by molar-refractivity contribution is 0.191. The number of amides is 2. The molecular weight excluding hydrogens is 350 g/mol. The molecule has 1 saturated heterocycles. The lowest BCUT2D eigenvalue weighted by Gasteiger charge is -2.36. The van der Waals surface area contributed by atoms with Crippen molar-refractivity contribution in [1.82, 2.24) is 10.2 Å². The van der Waals surface area contributed by atoms with Gasteiger partial charge in [0.15, 0.2) is 0 Å². The van der Waals surface area contributed by atoms with Gasteiger partial charge in [-0.2, -0.15) is 0 Å². The average molecular weight is 374 g/mol. The van der Waals surface area contributed by atoms with Crippen LogP contribution < -0.4 is 15.0 Å². The van der Waals surface area contributed by atoms with Crippen LogP contribution in [-0.4, -0.2) is 44.2 Å². The molecule has 1 aliphatic rings. The summed E-state index contributed by atoms with van der Waals surface area (Å²) in [6, 6.07) is 15.4. The maximum absolute atomic E-state index is 12.6. The minimum Gasteiger partial charge on any atom is -0.497 e. The van der Waals surface area contributed by atoms with E-state index in [-0.39, 0.29) is 12.1 Å². The maximum atomic E-state index is 12.6. The third kappa shape index (κ3) is 4.22. The molecule has 1 aliphatic heterocycles. The molecule has 1 N–H and O–H groups in total. The van der Waals surface area contributed by atoms with Crippen LogP contribution in [0.5, 0.6) is 5.75 Å². The van der Waals surface area contributed by atoms with Gasteiger partial charge in [0, 0.05) is 36.9 Å². The van der Waals surface area contributed by atoms with E-state index < -0.39 is 0 Å². The Hall–Kier alpha value is -2.40. The first-order valence-electron chi connectivity index (χ1n) is 8.77. The average Bonchev–Trinajstić information content (AvgIpc) is 2.68. The fourth-order valence-electron chi connectivity index (χ4n) is 3.14. The van der Waals surface area contributed by atoms with Gasteiger partial charge >= 0.3 is 6.03 Å². The number of urea groups is 1. The van der Waals surface area contributed by atoms with Crippen molar-refractivity contribution >= 4 is 23.3 Å². The molecule has 3 rings (SSSR count). The topological polar surface area (TPSA) is 44.8 Å². The zero-order chi connectivity index (χ0) is 18.5. The molecule has 1 heterocycles. The lowest BCUT2D eigenvalue weighted by Crippen LogP contribution is -2.52. The highest BCUT2D eigenvalue weighted by atomic mass is 35.5. The quantitative estimate of drug-likeness (QED) is 0.882. The zero-order valence-electron chi connectivity index (χ0n) is 15.1. The fraction of sp³-hybridized carbons (Fsp3) is 0.350. The molecule has 5 nitrogen and oxygen atoms in total. The van der Waals surface area contributed by atoms with Gasteiger partial charge in [0.25, 0.3) is 0 Å². The van der Waals surface area contributed by atoms with Crippen LogP contribution >= 0.6 is 11.6 Å². The summed E-state index contributed by atoms with van der Waals surface area (Å²) < 4.78 is 5.20. The van der Waals surface area contributed by atoms with Crippen molar-refractivity contribution in [2.24, 2.45) is 0 Å². The van der Waals surface area contributed by atoms with E-state index in [0.717, 1.165) is 30.1 Å². The lowest BCUT2D eigenvalue weighted by atomic mass is 10.1. The van der Waals surface area contributed by atoms with Gasteiger partial charge in [0.1, 0.15) is 5.75 Å². The second-order valence-corrected chi connectivity index (χ2v) is 6.77. The molecule has 138 valence electrons. The highest BCUT2D eigenvalue weighted by Crippen LogP contribution is 2.23. The third-order valence-corrected chi connectivity index (χ3v) is 5.06. The van der Waals surface area contributed by atoms with E-state index in [2.05, 4.69) is 10.2 Å². The molecule has 1 unspecified atom stereocenters. The second-order valence-electron chi connectivity index (χ2n) is 6.36. The second kappa shape index (κ2) is 8.32. The Balaban J connectivity index is 1.54. The van der Waals surface area contributed by atoms with Crippen molar-refractivity contribution in [3.8, 4) is 5.75 Å². The Labute approximate surface area is 159 Å². The Morgan fingerprint density at radius 3 is 2.35 bits per heavy atom.